The van der Waals surface area contributed by atoms with E-state index in [1.54, 1.807) is 6.07 Å². The summed E-state index contributed by atoms with van der Waals surface area (Å²) in [6.07, 6.45) is 0. The number of hydrogen-bond acceptors (Lipinski definition) is 3. The molecule has 0 spiro atoms. The molecule has 3 N–H and O–H groups in total. The SMILES string of the molecule is CN(Cc1cccc(F)c1)CC(N)CO. The topological polar surface area (TPSA) is 49.5 Å². The van der Waals surface area contributed by atoms with Crippen molar-refractivity contribution in [2.75, 3.05) is 20.2 Å². The molecule has 1 atom stereocenters. The van der Waals surface area contributed by atoms with Crippen LogP contribution in [0.25, 0.3) is 0 Å². The molecule has 0 heterocycles. The molecule has 15 heavy (non-hydrogen) atoms. The van der Waals surface area contributed by atoms with E-state index >= 15 is 0 Å². The summed E-state index contributed by atoms with van der Waals surface area (Å²) >= 11 is 0. The van der Waals surface area contributed by atoms with Crippen LogP contribution in [0.5, 0.6) is 0 Å². The Morgan fingerprint density at radius 3 is 2.87 bits per heavy atom. The lowest BCUT2D eigenvalue weighted by Crippen LogP contribution is -2.37. The number of nitrogens with two attached hydrogens (primary N) is 1. The third-order valence-corrected chi connectivity index (χ3v) is 2.12. The van der Waals surface area contributed by atoms with E-state index in [0.717, 1.165) is 5.56 Å². The van der Waals surface area contributed by atoms with Crippen LogP contribution in [-0.4, -0.2) is 36.2 Å². The van der Waals surface area contributed by atoms with Gasteiger partial charge in [-0.15, -0.1) is 0 Å². The number of benzene rings is 1. The number of aliphatic hydroxyl groups excluding tert-OH is 1. The number of aliphatic hydroxyl groups is 1. The van der Waals surface area contributed by atoms with Crippen molar-refractivity contribution in [2.24, 2.45) is 5.73 Å². The second kappa shape index (κ2) is 5.80. The highest BCUT2D eigenvalue weighted by atomic mass is 19.1. The van der Waals surface area contributed by atoms with Crippen molar-refractivity contribution in [3.05, 3.63) is 35.6 Å². The first-order valence-corrected chi connectivity index (χ1v) is 4.91. The van der Waals surface area contributed by atoms with Crippen LogP contribution < -0.4 is 5.73 Å². The summed E-state index contributed by atoms with van der Waals surface area (Å²) in [7, 11) is 1.89. The molecule has 4 heteroatoms. The fourth-order valence-electron chi connectivity index (χ4n) is 1.47. The molecule has 0 aromatic heterocycles. The van der Waals surface area contributed by atoms with Crippen molar-refractivity contribution in [2.45, 2.75) is 12.6 Å². The summed E-state index contributed by atoms with van der Waals surface area (Å²) in [5, 5.41) is 8.78. The zero-order valence-electron chi connectivity index (χ0n) is 8.86. The Balaban J connectivity index is 2.47. The van der Waals surface area contributed by atoms with Crippen LogP contribution in [0.2, 0.25) is 0 Å². The monoisotopic (exact) mass is 212 g/mol. The van der Waals surface area contributed by atoms with E-state index in [9.17, 15) is 4.39 Å². The smallest absolute Gasteiger partial charge is 0.123 e. The highest BCUT2D eigenvalue weighted by molar-refractivity contribution is 5.16. The van der Waals surface area contributed by atoms with Gasteiger partial charge in [0.15, 0.2) is 0 Å². The maximum Gasteiger partial charge on any atom is 0.123 e. The second-order valence-corrected chi connectivity index (χ2v) is 3.77. The molecule has 1 unspecified atom stereocenters. The zero-order chi connectivity index (χ0) is 11.3. The molecule has 0 saturated carbocycles. The minimum absolute atomic E-state index is 0.0342. The molecule has 0 amide bonds. The van der Waals surface area contributed by atoms with Crippen LogP contribution in [-0.2, 0) is 6.54 Å². The van der Waals surface area contributed by atoms with Crippen LogP contribution in [0.3, 0.4) is 0 Å². The van der Waals surface area contributed by atoms with Crippen LogP contribution in [0.15, 0.2) is 24.3 Å². The average Bonchev–Trinajstić information content (AvgIpc) is 2.17. The normalized spacial score (nSPS) is 13.1. The quantitative estimate of drug-likeness (QED) is 0.750. The molecule has 0 saturated heterocycles. The van der Waals surface area contributed by atoms with Gasteiger partial charge in [-0.2, -0.15) is 0 Å². The average molecular weight is 212 g/mol. The lowest BCUT2D eigenvalue weighted by molar-refractivity contribution is 0.218. The van der Waals surface area contributed by atoms with E-state index in [1.165, 1.54) is 12.1 Å². The fourth-order valence-corrected chi connectivity index (χ4v) is 1.47. The summed E-state index contributed by atoms with van der Waals surface area (Å²) in [4.78, 5) is 1.95. The van der Waals surface area contributed by atoms with Gasteiger partial charge in [0.2, 0.25) is 0 Å². The van der Waals surface area contributed by atoms with Gasteiger partial charge < -0.3 is 15.7 Å². The summed E-state index contributed by atoms with van der Waals surface area (Å²) in [6, 6.07) is 6.22. The molecular formula is C11H17FN2O. The van der Waals surface area contributed by atoms with Crippen molar-refractivity contribution < 1.29 is 9.50 Å². The Kier molecular flexibility index (Phi) is 4.68. The van der Waals surface area contributed by atoms with Gasteiger partial charge in [-0.1, -0.05) is 12.1 Å². The van der Waals surface area contributed by atoms with E-state index < -0.39 is 0 Å². The molecule has 0 aliphatic heterocycles. The van der Waals surface area contributed by atoms with Gasteiger partial charge in [-0.05, 0) is 24.7 Å². The fraction of sp³-hybridized carbons (Fsp3) is 0.455. The van der Waals surface area contributed by atoms with Crippen LogP contribution in [0.4, 0.5) is 4.39 Å². The van der Waals surface area contributed by atoms with Gasteiger partial charge in [0.1, 0.15) is 5.82 Å². The first-order chi connectivity index (χ1) is 7.11. The van der Waals surface area contributed by atoms with Crippen LogP contribution >= 0.6 is 0 Å². The first-order valence-electron chi connectivity index (χ1n) is 4.91. The van der Waals surface area contributed by atoms with Gasteiger partial charge in [-0.3, -0.25) is 0 Å². The largest absolute Gasteiger partial charge is 0.395 e. The number of halogens is 1. The summed E-state index contributed by atoms with van der Waals surface area (Å²) < 4.78 is 12.9. The van der Waals surface area contributed by atoms with Crippen molar-refractivity contribution in [3.63, 3.8) is 0 Å². The standard InChI is InChI=1S/C11H17FN2O/c1-14(7-11(13)8-15)6-9-3-2-4-10(12)5-9/h2-5,11,15H,6-8,13H2,1H3. The first kappa shape index (κ1) is 12.1. The van der Waals surface area contributed by atoms with Gasteiger partial charge in [0, 0.05) is 19.1 Å². The van der Waals surface area contributed by atoms with E-state index in [1.807, 2.05) is 18.0 Å². The Morgan fingerprint density at radius 1 is 1.53 bits per heavy atom. The van der Waals surface area contributed by atoms with Crippen molar-refractivity contribution in [1.82, 2.24) is 4.90 Å². The molecule has 0 radical (unpaired) electrons. The van der Waals surface area contributed by atoms with Gasteiger partial charge in [-0.25, -0.2) is 4.39 Å². The van der Waals surface area contributed by atoms with Gasteiger partial charge in [0.05, 0.1) is 6.61 Å². The molecule has 1 rings (SSSR count). The molecule has 0 fully saturated rings. The lowest BCUT2D eigenvalue weighted by atomic mass is 10.2. The summed E-state index contributed by atoms with van der Waals surface area (Å²) in [6.45, 7) is 1.19. The van der Waals surface area contributed by atoms with Gasteiger partial charge in [0.25, 0.3) is 0 Å². The van der Waals surface area contributed by atoms with Crippen LogP contribution in [0, 0.1) is 5.82 Å². The maximum absolute atomic E-state index is 12.9. The van der Waals surface area contributed by atoms with E-state index in [2.05, 4.69) is 0 Å². The highest BCUT2D eigenvalue weighted by Crippen LogP contribution is 2.06. The lowest BCUT2D eigenvalue weighted by Gasteiger charge is -2.19. The van der Waals surface area contributed by atoms with Crippen molar-refractivity contribution >= 4 is 0 Å². The number of likely N-dealkylation sites (N-methyl/N-ethyl adjacent to an activating group) is 1. The predicted molar refractivity (Wildman–Crippen MR) is 57.8 cm³/mol. The second-order valence-electron chi connectivity index (χ2n) is 3.77. The molecule has 3 nitrogen and oxygen atoms in total. The Hall–Kier alpha value is -0.970. The summed E-state index contributed by atoms with van der Waals surface area (Å²) in [5.41, 5.74) is 6.50. The third-order valence-electron chi connectivity index (χ3n) is 2.12. The molecule has 0 bridgehead atoms. The van der Waals surface area contributed by atoms with E-state index in [4.69, 9.17) is 10.8 Å². The molecule has 0 aliphatic rings. The van der Waals surface area contributed by atoms with Crippen molar-refractivity contribution in [1.29, 1.82) is 0 Å². The molecule has 84 valence electrons. The molecule has 1 aromatic rings. The molecule has 1 aromatic carbocycles. The minimum atomic E-state index is -0.247. The van der Waals surface area contributed by atoms with Gasteiger partial charge >= 0.3 is 0 Å². The molecular weight excluding hydrogens is 195 g/mol. The predicted octanol–water partition coefficient (Wildman–Crippen LogP) is 0.577. The van der Waals surface area contributed by atoms with E-state index in [-0.39, 0.29) is 18.5 Å². The Labute approximate surface area is 89.3 Å². The number of rotatable bonds is 5. The number of nitrogens with zero attached hydrogens (tertiary/aromatic N) is 1. The molecule has 0 aliphatic carbocycles. The zero-order valence-corrected chi connectivity index (χ0v) is 8.86. The van der Waals surface area contributed by atoms with Crippen molar-refractivity contribution in [3.8, 4) is 0 Å². The minimum Gasteiger partial charge on any atom is -0.395 e. The van der Waals surface area contributed by atoms with E-state index in [0.29, 0.717) is 13.1 Å². The summed E-state index contributed by atoms with van der Waals surface area (Å²) in [5.74, 6) is -0.229. The third kappa shape index (κ3) is 4.38. The van der Waals surface area contributed by atoms with Crippen LogP contribution in [0.1, 0.15) is 5.56 Å². The maximum atomic E-state index is 12.9. The highest BCUT2D eigenvalue weighted by Gasteiger charge is 2.06. The Morgan fingerprint density at radius 2 is 2.27 bits per heavy atom. The number of hydrogen-bond donors (Lipinski definition) is 2. The Bertz CT molecular complexity index is 306.